The van der Waals surface area contributed by atoms with Crippen molar-refractivity contribution in [2.24, 2.45) is 5.11 Å². The second-order valence-electron chi connectivity index (χ2n) is 3.21. The highest BCUT2D eigenvalue weighted by Gasteiger charge is 2.05. The van der Waals surface area contributed by atoms with Gasteiger partial charge in [0.15, 0.2) is 0 Å². The summed E-state index contributed by atoms with van der Waals surface area (Å²) in [4.78, 5) is 30.9. The summed E-state index contributed by atoms with van der Waals surface area (Å²) in [6.07, 6.45) is 3.74. The fourth-order valence-corrected chi connectivity index (χ4v) is 1.11. The topological polar surface area (TPSA) is 124 Å². The van der Waals surface area contributed by atoms with Crippen LogP contribution in [-0.2, 0) is 0 Å². The van der Waals surface area contributed by atoms with Crippen LogP contribution in [0.1, 0.15) is 23.3 Å². The third kappa shape index (κ3) is 4.80. The number of carbonyl (C=O) groups excluding carboxylic acids is 1. The van der Waals surface area contributed by atoms with Gasteiger partial charge in [0, 0.05) is 24.2 Å². The van der Waals surface area contributed by atoms with Crippen LogP contribution in [0.15, 0.2) is 22.3 Å². The fourth-order valence-electron chi connectivity index (χ4n) is 1.11. The van der Waals surface area contributed by atoms with E-state index in [1.807, 2.05) is 0 Å². The summed E-state index contributed by atoms with van der Waals surface area (Å²) >= 11 is 0. The van der Waals surface area contributed by atoms with Crippen molar-refractivity contribution in [2.75, 3.05) is 13.1 Å². The maximum Gasteiger partial charge on any atom is 0.271 e. The number of aromatic nitrogens is 2. The highest BCUT2D eigenvalue weighted by atomic mass is 16.2. The molecule has 1 heterocycles. The molecule has 1 amide bonds. The third-order valence-electron chi connectivity index (χ3n) is 1.94. The van der Waals surface area contributed by atoms with Gasteiger partial charge >= 0.3 is 0 Å². The number of aromatic amines is 1. The molecule has 1 aromatic rings. The summed E-state index contributed by atoms with van der Waals surface area (Å²) in [7, 11) is 0. The molecule has 0 aliphatic heterocycles. The van der Waals surface area contributed by atoms with Crippen LogP contribution in [0.4, 0.5) is 0 Å². The number of nitrogens with one attached hydrogen (secondary N) is 2. The lowest BCUT2D eigenvalue weighted by Crippen LogP contribution is -2.26. The van der Waals surface area contributed by atoms with Gasteiger partial charge in [-0.25, -0.2) is 4.98 Å². The SMILES string of the molecule is [N-]=[N+]=NCCCCNC(=O)c1c[nH]c(=O)cn1. The van der Waals surface area contributed by atoms with Gasteiger partial charge in [-0.3, -0.25) is 9.59 Å². The Bertz CT molecular complexity index is 456. The van der Waals surface area contributed by atoms with E-state index in [2.05, 4.69) is 25.3 Å². The Labute approximate surface area is 96.7 Å². The van der Waals surface area contributed by atoms with E-state index >= 15 is 0 Å². The Kier molecular flexibility index (Phi) is 5.26. The van der Waals surface area contributed by atoms with E-state index in [0.717, 1.165) is 6.20 Å². The third-order valence-corrected chi connectivity index (χ3v) is 1.94. The van der Waals surface area contributed by atoms with Gasteiger partial charge in [-0.1, -0.05) is 5.11 Å². The average molecular weight is 236 g/mol. The van der Waals surface area contributed by atoms with E-state index in [1.165, 1.54) is 6.20 Å². The molecule has 0 aliphatic carbocycles. The zero-order valence-electron chi connectivity index (χ0n) is 9.09. The molecular formula is C9H12N6O2. The second-order valence-corrected chi connectivity index (χ2v) is 3.21. The van der Waals surface area contributed by atoms with Crippen LogP contribution >= 0.6 is 0 Å². The van der Waals surface area contributed by atoms with Gasteiger partial charge < -0.3 is 10.3 Å². The Balaban J connectivity index is 2.28. The quantitative estimate of drug-likeness (QED) is 0.325. The average Bonchev–Trinajstić information content (AvgIpc) is 2.34. The molecule has 17 heavy (non-hydrogen) atoms. The van der Waals surface area contributed by atoms with Gasteiger partial charge in [-0.05, 0) is 18.4 Å². The number of hydrogen-bond acceptors (Lipinski definition) is 4. The summed E-state index contributed by atoms with van der Waals surface area (Å²) in [5.41, 5.74) is 7.85. The summed E-state index contributed by atoms with van der Waals surface area (Å²) in [6, 6.07) is 0. The van der Waals surface area contributed by atoms with E-state index in [0.29, 0.717) is 25.9 Å². The Morgan fingerprint density at radius 1 is 1.59 bits per heavy atom. The normalized spacial score (nSPS) is 9.41. The number of carbonyl (C=O) groups is 1. The number of rotatable bonds is 6. The van der Waals surface area contributed by atoms with Crippen molar-refractivity contribution in [3.8, 4) is 0 Å². The predicted molar refractivity (Wildman–Crippen MR) is 60.4 cm³/mol. The van der Waals surface area contributed by atoms with E-state index in [4.69, 9.17) is 5.53 Å². The molecular weight excluding hydrogens is 224 g/mol. The molecule has 0 aliphatic rings. The van der Waals surface area contributed by atoms with Gasteiger partial charge in [0.2, 0.25) is 0 Å². The first-order valence-corrected chi connectivity index (χ1v) is 5.08. The van der Waals surface area contributed by atoms with Crippen LogP contribution in [0.25, 0.3) is 10.4 Å². The predicted octanol–water partition coefficient (Wildman–Crippen LogP) is 0.590. The van der Waals surface area contributed by atoms with E-state index in [-0.39, 0.29) is 17.2 Å². The minimum absolute atomic E-state index is 0.166. The number of azide groups is 1. The Hall–Kier alpha value is -2.34. The molecule has 8 heteroatoms. The molecule has 0 saturated carbocycles. The number of amides is 1. The van der Waals surface area contributed by atoms with Crippen molar-refractivity contribution in [1.29, 1.82) is 0 Å². The van der Waals surface area contributed by atoms with Crippen LogP contribution < -0.4 is 10.9 Å². The standard InChI is InChI=1S/C9H12N6O2/c10-15-14-4-2-1-3-11-9(17)7-5-13-8(16)6-12-7/h5-6H,1-4H2,(H,11,17)(H,13,16). The molecule has 0 atom stereocenters. The summed E-state index contributed by atoms with van der Waals surface area (Å²) in [6.45, 7) is 0.893. The van der Waals surface area contributed by atoms with Crippen LogP contribution in [-0.4, -0.2) is 29.0 Å². The second kappa shape index (κ2) is 7.02. The first kappa shape index (κ1) is 12.7. The summed E-state index contributed by atoms with van der Waals surface area (Å²) in [5, 5.41) is 6.01. The molecule has 90 valence electrons. The molecule has 0 spiro atoms. The molecule has 1 rings (SSSR count). The van der Waals surface area contributed by atoms with Crippen molar-refractivity contribution in [2.45, 2.75) is 12.8 Å². The monoisotopic (exact) mass is 236 g/mol. The minimum atomic E-state index is -0.351. The van der Waals surface area contributed by atoms with Crippen molar-refractivity contribution < 1.29 is 4.79 Å². The highest BCUT2D eigenvalue weighted by molar-refractivity contribution is 5.91. The molecule has 0 unspecified atom stereocenters. The maximum atomic E-state index is 11.5. The minimum Gasteiger partial charge on any atom is -0.351 e. The molecule has 0 saturated heterocycles. The first-order valence-electron chi connectivity index (χ1n) is 5.08. The number of H-pyrrole nitrogens is 1. The number of hydrogen-bond donors (Lipinski definition) is 2. The largest absolute Gasteiger partial charge is 0.351 e. The van der Waals surface area contributed by atoms with Crippen LogP contribution in [0.2, 0.25) is 0 Å². The Morgan fingerprint density at radius 3 is 3.06 bits per heavy atom. The molecule has 0 radical (unpaired) electrons. The van der Waals surface area contributed by atoms with Crippen LogP contribution in [0.3, 0.4) is 0 Å². The van der Waals surface area contributed by atoms with E-state index in [1.54, 1.807) is 0 Å². The van der Waals surface area contributed by atoms with Gasteiger partial charge in [-0.15, -0.1) is 0 Å². The van der Waals surface area contributed by atoms with Crippen molar-refractivity contribution in [1.82, 2.24) is 15.3 Å². The molecule has 0 bridgehead atoms. The van der Waals surface area contributed by atoms with Crippen molar-refractivity contribution in [3.05, 3.63) is 38.9 Å². The van der Waals surface area contributed by atoms with E-state index < -0.39 is 0 Å². The highest BCUT2D eigenvalue weighted by Crippen LogP contribution is 1.91. The molecule has 2 N–H and O–H groups in total. The van der Waals surface area contributed by atoms with Gasteiger partial charge in [0.05, 0.1) is 6.20 Å². The van der Waals surface area contributed by atoms with Gasteiger partial charge in [-0.2, -0.15) is 0 Å². The number of unbranched alkanes of at least 4 members (excludes halogenated alkanes) is 1. The number of nitrogens with zero attached hydrogens (tertiary/aromatic N) is 4. The van der Waals surface area contributed by atoms with Crippen LogP contribution in [0, 0.1) is 0 Å². The zero-order chi connectivity index (χ0) is 12.5. The molecule has 8 nitrogen and oxygen atoms in total. The molecule has 0 fully saturated rings. The van der Waals surface area contributed by atoms with Crippen molar-refractivity contribution in [3.63, 3.8) is 0 Å². The summed E-state index contributed by atoms with van der Waals surface area (Å²) < 4.78 is 0. The first-order chi connectivity index (χ1) is 8.24. The lowest BCUT2D eigenvalue weighted by Gasteiger charge is -2.02. The van der Waals surface area contributed by atoms with Gasteiger partial charge in [0.25, 0.3) is 11.5 Å². The summed E-state index contributed by atoms with van der Waals surface area (Å²) in [5.74, 6) is -0.343. The molecule has 0 aromatic carbocycles. The lowest BCUT2D eigenvalue weighted by atomic mass is 10.3. The lowest BCUT2D eigenvalue weighted by molar-refractivity contribution is 0.0947. The zero-order valence-corrected chi connectivity index (χ0v) is 9.09. The fraction of sp³-hybridized carbons (Fsp3) is 0.444. The maximum absolute atomic E-state index is 11.5. The van der Waals surface area contributed by atoms with Crippen LogP contribution in [0.5, 0.6) is 0 Å². The Morgan fingerprint density at radius 2 is 2.41 bits per heavy atom. The molecule has 1 aromatic heterocycles. The van der Waals surface area contributed by atoms with Crippen molar-refractivity contribution >= 4 is 5.91 Å². The van der Waals surface area contributed by atoms with E-state index in [9.17, 15) is 9.59 Å². The van der Waals surface area contributed by atoms with Gasteiger partial charge in [0.1, 0.15) is 5.69 Å². The smallest absolute Gasteiger partial charge is 0.271 e.